The topological polar surface area (TPSA) is 44.4 Å². The predicted molar refractivity (Wildman–Crippen MR) is 243 cm³/mol. The summed E-state index contributed by atoms with van der Waals surface area (Å²) in [4.78, 5) is 0. The fraction of sp³-hybridized carbons (Fsp3) is 0.0545. The van der Waals surface area contributed by atoms with Gasteiger partial charge in [-0.2, -0.15) is 0 Å². The standard InChI is InChI=1S/C55H37NO3/c1-3-4-15-41-33(2)57-49-23-19-37(30-44(41)49)34-11-10-12-35(28-34)38-20-24-50-45(31-38)54-52(58-50)26-27-53-55(54)46-32-39(21-25-51(46)59-53)36-18-22-48-43(29-36)42-16-8-9-17-47(42)56(48)40-13-6-5-7-14-40/h3-25,28-32H,1,26-27H2,2H3/b15-4-. The van der Waals surface area contributed by atoms with Crippen molar-refractivity contribution >= 4 is 60.8 Å². The molecule has 59 heavy (non-hydrogen) atoms. The van der Waals surface area contributed by atoms with E-state index in [4.69, 9.17) is 13.3 Å². The third kappa shape index (κ3) is 5.23. The Hall–Kier alpha value is -7.56. The first kappa shape index (κ1) is 33.6. The number of nitrogens with zero attached hydrogens (tertiary/aromatic N) is 1. The van der Waals surface area contributed by atoms with Gasteiger partial charge in [-0.3, -0.25) is 0 Å². The summed E-state index contributed by atoms with van der Waals surface area (Å²) in [5.41, 5.74) is 16.5. The van der Waals surface area contributed by atoms with Crippen LogP contribution >= 0.6 is 0 Å². The van der Waals surface area contributed by atoms with E-state index in [1.165, 1.54) is 27.4 Å². The third-order valence-electron chi connectivity index (χ3n) is 12.2. The Labute approximate surface area is 340 Å². The van der Waals surface area contributed by atoms with E-state index in [2.05, 4.69) is 169 Å². The van der Waals surface area contributed by atoms with Gasteiger partial charge in [0.05, 0.1) is 11.0 Å². The second kappa shape index (κ2) is 13.0. The molecule has 280 valence electrons. The SMILES string of the molecule is C=C/C=C\c1c(C)oc2ccc(-c3cccc(-c4ccc5oc6c(c5c4)-c4c(oc5ccc(-c7ccc8c(c7)c7ccccc7n8-c7ccccc7)cc45)CC6)c3)cc12. The van der Waals surface area contributed by atoms with E-state index >= 15 is 0 Å². The van der Waals surface area contributed by atoms with E-state index in [9.17, 15) is 0 Å². The van der Waals surface area contributed by atoms with Crippen molar-refractivity contribution in [1.29, 1.82) is 0 Å². The van der Waals surface area contributed by atoms with Gasteiger partial charge in [-0.1, -0.05) is 104 Å². The maximum Gasteiger partial charge on any atom is 0.134 e. The van der Waals surface area contributed by atoms with Crippen molar-refractivity contribution in [3.05, 3.63) is 193 Å². The van der Waals surface area contributed by atoms with Crippen LogP contribution in [-0.4, -0.2) is 4.57 Å². The van der Waals surface area contributed by atoms with Crippen LogP contribution in [0.2, 0.25) is 0 Å². The van der Waals surface area contributed by atoms with Gasteiger partial charge >= 0.3 is 0 Å². The van der Waals surface area contributed by atoms with Crippen molar-refractivity contribution in [2.75, 3.05) is 0 Å². The lowest BCUT2D eigenvalue weighted by Crippen LogP contribution is -1.99. The Morgan fingerprint density at radius 2 is 1.00 bits per heavy atom. The van der Waals surface area contributed by atoms with E-state index in [0.29, 0.717) is 0 Å². The molecule has 0 saturated heterocycles. The summed E-state index contributed by atoms with van der Waals surface area (Å²) in [5, 5.41) is 5.80. The molecule has 4 heteroatoms. The van der Waals surface area contributed by atoms with Gasteiger partial charge in [-0.05, 0) is 113 Å². The van der Waals surface area contributed by atoms with E-state index in [-0.39, 0.29) is 0 Å². The molecule has 0 radical (unpaired) electrons. The normalized spacial score (nSPS) is 12.7. The van der Waals surface area contributed by atoms with Crippen LogP contribution in [0.3, 0.4) is 0 Å². The third-order valence-corrected chi connectivity index (χ3v) is 12.2. The van der Waals surface area contributed by atoms with Gasteiger partial charge in [0.25, 0.3) is 0 Å². The maximum absolute atomic E-state index is 6.62. The van der Waals surface area contributed by atoms with E-state index in [1.54, 1.807) is 6.08 Å². The Balaban J connectivity index is 0.957. The fourth-order valence-corrected chi connectivity index (χ4v) is 9.46. The summed E-state index contributed by atoms with van der Waals surface area (Å²) in [6, 6.07) is 54.6. The largest absolute Gasteiger partial charge is 0.461 e. The molecule has 0 fully saturated rings. The smallest absolute Gasteiger partial charge is 0.134 e. The zero-order valence-corrected chi connectivity index (χ0v) is 32.5. The summed E-state index contributed by atoms with van der Waals surface area (Å²) in [6.45, 7) is 5.85. The average molecular weight is 760 g/mol. The summed E-state index contributed by atoms with van der Waals surface area (Å²) >= 11 is 0. The zero-order valence-electron chi connectivity index (χ0n) is 32.5. The molecule has 4 aromatic heterocycles. The molecule has 1 aliphatic carbocycles. The summed E-state index contributed by atoms with van der Waals surface area (Å²) < 4.78 is 21.7. The van der Waals surface area contributed by atoms with Gasteiger partial charge in [0.1, 0.15) is 34.0 Å². The highest BCUT2D eigenvalue weighted by Crippen LogP contribution is 2.48. The quantitative estimate of drug-likeness (QED) is 0.159. The Bertz CT molecular complexity index is 3530. The Kier molecular flexibility index (Phi) is 7.39. The van der Waals surface area contributed by atoms with Crippen LogP contribution in [0.4, 0.5) is 0 Å². The molecule has 0 unspecified atom stereocenters. The number of fused-ring (bicyclic) bond motifs is 11. The minimum absolute atomic E-state index is 0.802. The number of hydrogen-bond donors (Lipinski definition) is 0. The number of furan rings is 3. The molecule has 0 spiro atoms. The summed E-state index contributed by atoms with van der Waals surface area (Å²) in [5.74, 6) is 2.94. The molecule has 0 amide bonds. The summed E-state index contributed by atoms with van der Waals surface area (Å²) in [7, 11) is 0. The molecule has 0 N–H and O–H groups in total. The van der Waals surface area contributed by atoms with Crippen molar-refractivity contribution in [1.82, 2.24) is 4.57 Å². The van der Waals surface area contributed by atoms with E-state index in [0.717, 1.165) is 113 Å². The minimum atomic E-state index is 0.802. The first-order valence-electron chi connectivity index (χ1n) is 20.2. The molecule has 0 bridgehead atoms. The second-order valence-electron chi connectivity index (χ2n) is 15.6. The Morgan fingerprint density at radius 1 is 0.475 bits per heavy atom. The van der Waals surface area contributed by atoms with Crippen LogP contribution < -0.4 is 0 Å². The van der Waals surface area contributed by atoms with Gasteiger partial charge in [-0.25, -0.2) is 0 Å². The number of aryl methyl sites for hydroxylation is 3. The van der Waals surface area contributed by atoms with E-state index in [1.807, 2.05) is 13.0 Å². The monoisotopic (exact) mass is 759 g/mol. The molecule has 12 rings (SSSR count). The van der Waals surface area contributed by atoms with E-state index < -0.39 is 0 Å². The van der Waals surface area contributed by atoms with Crippen molar-refractivity contribution < 1.29 is 13.3 Å². The van der Waals surface area contributed by atoms with Crippen LogP contribution in [0.1, 0.15) is 22.8 Å². The van der Waals surface area contributed by atoms with Crippen molar-refractivity contribution in [2.45, 2.75) is 19.8 Å². The van der Waals surface area contributed by atoms with Crippen molar-refractivity contribution in [3.63, 3.8) is 0 Å². The molecule has 4 heterocycles. The fourth-order valence-electron chi connectivity index (χ4n) is 9.46. The number of allylic oxidation sites excluding steroid dienone is 2. The molecule has 4 nitrogen and oxygen atoms in total. The molecular weight excluding hydrogens is 723 g/mol. The minimum Gasteiger partial charge on any atom is -0.461 e. The number of hydrogen-bond acceptors (Lipinski definition) is 3. The van der Waals surface area contributed by atoms with Crippen LogP contribution in [0.25, 0.3) is 111 Å². The first-order chi connectivity index (χ1) is 29.1. The van der Waals surface area contributed by atoms with Gasteiger partial charge in [0.2, 0.25) is 0 Å². The van der Waals surface area contributed by atoms with Gasteiger partial charge in [0.15, 0.2) is 0 Å². The molecule has 0 atom stereocenters. The second-order valence-corrected chi connectivity index (χ2v) is 15.6. The van der Waals surface area contributed by atoms with Crippen LogP contribution in [0.5, 0.6) is 0 Å². The number of benzene rings is 7. The predicted octanol–water partition coefficient (Wildman–Crippen LogP) is 15.3. The Morgan fingerprint density at radius 3 is 1.64 bits per heavy atom. The molecule has 1 aliphatic rings. The highest BCUT2D eigenvalue weighted by atomic mass is 16.3. The first-order valence-corrected chi connectivity index (χ1v) is 20.2. The lowest BCUT2D eigenvalue weighted by atomic mass is 9.89. The van der Waals surface area contributed by atoms with Crippen molar-refractivity contribution in [3.8, 4) is 50.2 Å². The maximum atomic E-state index is 6.62. The highest BCUT2D eigenvalue weighted by molar-refractivity contribution is 6.12. The van der Waals surface area contributed by atoms with Crippen LogP contribution in [0.15, 0.2) is 184 Å². The lowest BCUT2D eigenvalue weighted by molar-refractivity contribution is 0.504. The van der Waals surface area contributed by atoms with Crippen molar-refractivity contribution in [2.24, 2.45) is 0 Å². The number of aromatic nitrogens is 1. The molecule has 11 aromatic rings. The lowest BCUT2D eigenvalue weighted by Gasteiger charge is -2.11. The van der Waals surface area contributed by atoms with Gasteiger partial charge in [-0.15, -0.1) is 0 Å². The molecule has 0 aliphatic heterocycles. The molecule has 7 aromatic carbocycles. The molecular formula is C55H37NO3. The highest BCUT2D eigenvalue weighted by Gasteiger charge is 2.29. The number of rotatable bonds is 6. The van der Waals surface area contributed by atoms with Crippen LogP contribution in [0, 0.1) is 6.92 Å². The van der Waals surface area contributed by atoms with Gasteiger partial charge in [0, 0.05) is 62.2 Å². The number of para-hydroxylation sites is 2. The van der Waals surface area contributed by atoms with Gasteiger partial charge < -0.3 is 17.8 Å². The van der Waals surface area contributed by atoms with Crippen LogP contribution in [-0.2, 0) is 12.8 Å². The zero-order chi connectivity index (χ0) is 39.2. The molecule has 0 saturated carbocycles. The summed E-state index contributed by atoms with van der Waals surface area (Å²) in [6.07, 6.45) is 7.42. The average Bonchev–Trinajstić information content (AvgIpc) is 4.03.